The molecule has 0 radical (unpaired) electrons. The highest BCUT2D eigenvalue weighted by Crippen LogP contribution is 2.35. The van der Waals surface area contributed by atoms with E-state index < -0.39 is 0 Å². The van der Waals surface area contributed by atoms with Crippen LogP contribution in [0.25, 0.3) is 11.3 Å². The normalized spacial score (nSPS) is 13.9. The second-order valence-electron chi connectivity index (χ2n) is 6.19. The van der Waals surface area contributed by atoms with Gasteiger partial charge in [-0.3, -0.25) is 4.79 Å². The first-order valence-electron chi connectivity index (χ1n) is 8.16. The summed E-state index contributed by atoms with van der Waals surface area (Å²) in [6.07, 6.45) is 6.07. The number of aryl methyl sites for hydroxylation is 1. The lowest BCUT2D eigenvalue weighted by Crippen LogP contribution is -2.24. The largest absolute Gasteiger partial charge is 0.461 e. The Labute approximate surface area is 140 Å². The third kappa shape index (κ3) is 2.97. The molecule has 0 bridgehead atoms. The van der Waals surface area contributed by atoms with Gasteiger partial charge in [0.25, 0.3) is 5.91 Å². The van der Waals surface area contributed by atoms with Crippen molar-refractivity contribution in [2.24, 2.45) is 0 Å². The number of carbonyl (C=O) groups is 1. The summed E-state index contributed by atoms with van der Waals surface area (Å²) in [5, 5.41) is 2.96. The molecule has 122 valence electrons. The van der Waals surface area contributed by atoms with Crippen molar-refractivity contribution < 1.29 is 9.21 Å². The van der Waals surface area contributed by atoms with Crippen molar-refractivity contribution in [1.29, 1.82) is 0 Å². The van der Waals surface area contributed by atoms with Gasteiger partial charge in [0.2, 0.25) is 0 Å². The summed E-state index contributed by atoms with van der Waals surface area (Å²) < 4.78 is 7.75. The molecule has 24 heavy (non-hydrogen) atoms. The first-order valence-corrected chi connectivity index (χ1v) is 8.16. The van der Waals surface area contributed by atoms with Crippen LogP contribution in [0.1, 0.15) is 40.7 Å². The van der Waals surface area contributed by atoms with Crippen molar-refractivity contribution in [3.05, 3.63) is 65.9 Å². The first-order chi connectivity index (χ1) is 11.7. The van der Waals surface area contributed by atoms with Crippen molar-refractivity contribution in [3.63, 3.8) is 0 Å². The zero-order chi connectivity index (χ0) is 16.5. The predicted octanol–water partition coefficient (Wildman–Crippen LogP) is 3.72. The molecule has 1 aliphatic rings. The molecule has 5 heteroatoms. The Morgan fingerprint density at radius 3 is 2.71 bits per heavy atom. The van der Waals surface area contributed by atoms with Gasteiger partial charge in [-0.05, 0) is 44.0 Å². The summed E-state index contributed by atoms with van der Waals surface area (Å²) in [6, 6.07) is 11.9. The van der Waals surface area contributed by atoms with Crippen LogP contribution in [0.4, 0.5) is 0 Å². The van der Waals surface area contributed by atoms with Crippen LogP contribution >= 0.6 is 0 Å². The van der Waals surface area contributed by atoms with Gasteiger partial charge in [0.15, 0.2) is 0 Å². The van der Waals surface area contributed by atoms with Gasteiger partial charge >= 0.3 is 0 Å². The molecule has 1 fully saturated rings. The van der Waals surface area contributed by atoms with E-state index in [0.717, 1.165) is 22.8 Å². The van der Waals surface area contributed by atoms with Gasteiger partial charge in [-0.1, -0.05) is 12.1 Å². The van der Waals surface area contributed by atoms with Crippen LogP contribution in [0.3, 0.4) is 0 Å². The highest BCUT2D eigenvalue weighted by atomic mass is 16.3. The van der Waals surface area contributed by atoms with Gasteiger partial charge < -0.3 is 14.3 Å². The van der Waals surface area contributed by atoms with Crippen molar-refractivity contribution in [2.75, 3.05) is 0 Å². The van der Waals surface area contributed by atoms with E-state index in [2.05, 4.69) is 14.9 Å². The maximum atomic E-state index is 12.3. The van der Waals surface area contributed by atoms with E-state index in [1.54, 1.807) is 0 Å². The zero-order valence-electron chi connectivity index (χ0n) is 13.5. The van der Waals surface area contributed by atoms with E-state index in [1.807, 2.05) is 55.8 Å². The fourth-order valence-corrected chi connectivity index (χ4v) is 2.80. The zero-order valence-corrected chi connectivity index (χ0v) is 13.5. The number of furan rings is 1. The Bertz CT molecular complexity index is 857. The van der Waals surface area contributed by atoms with E-state index in [-0.39, 0.29) is 5.91 Å². The van der Waals surface area contributed by atoms with Crippen LogP contribution in [-0.2, 0) is 6.54 Å². The van der Waals surface area contributed by atoms with E-state index in [0.29, 0.717) is 18.2 Å². The molecule has 0 aliphatic heterocycles. The number of aromatic nitrogens is 2. The molecule has 0 atom stereocenters. The average molecular weight is 321 g/mol. The molecule has 1 amide bonds. The smallest absolute Gasteiger partial charge is 0.251 e. The third-order valence-electron chi connectivity index (χ3n) is 4.29. The van der Waals surface area contributed by atoms with Gasteiger partial charge in [-0.15, -0.1) is 0 Å². The quantitative estimate of drug-likeness (QED) is 0.779. The van der Waals surface area contributed by atoms with Gasteiger partial charge in [0, 0.05) is 23.4 Å². The van der Waals surface area contributed by atoms with Crippen LogP contribution in [0.2, 0.25) is 0 Å². The Kier molecular flexibility index (Phi) is 3.69. The minimum atomic E-state index is -0.0827. The number of hydrogen-bond acceptors (Lipinski definition) is 3. The minimum absolute atomic E-state index is 0.0827. The SMILES string of the molecule is Cc1ccc(-c2ccc(C(=O)NCc3cncn3C3CC3)cc2)o1. The standard InChI is InChI=1S/C19H19N3O2/c1-13-2-9-18(24-13)14-3-5-15(6-4-14)19(23)21-11-17-10-20-12-22(17)16-7-8-16/h2-6,9-10,12,16H,7-8,11H2,1H3,(H,21,23). The van der Waals surface area contributed by atoms with Gasteiger partial charge in [-0.25, -0.2) is 4.98 Å². The lowest BCUT2D eigenvalue weighted by Gasteiger charge is -2.08. The molecule has 5 nitrogen and oxygen atoms in total. The van der Waals surface area contributed by atoms with Crippen molar-refractivity contribution >= 4 is 5.91 Å². The van der Waals surface area contributed by atoms with E-state index in [1.165, 1.54) is 12.8 Å². The molecule has 3 aromatic rings. The van der Waals surface area contributed by atoms with Crippen molar-refractivity contribution in [1.82, 2.24) is 14.9 Å². The van der Waals surface area contributed by atoms with Gasteiger partial charge in [-0.2, -0.15) is 0 Å². The molecule has 1 aromatic carbocycles. The van der Waals surface area contributed by atoms with Crippen LogP contribution in [-0.4, -0.2) is 15.5 Å². The molecule has 2 heterocycles. The monoisotopic (exact) mass is 321 g/mol. The van der Waals surface area contributed by atoms with Gasteiger partial charge in [0.1, 0.15) is 11.5 Å². The Morgan fingerprint density at radius 2 is 2.04 bits per heavy atom. The molecule has 1 N–H and O–H groups in total. The number of imidazole rings is 1. The van der Waals surface area contributed by atoms with E-state index >= 15 is 0 Å². The first kappa shape index (κ1) is 14.8. The molecule has 0 saturated heterocycles. The molecule has 0 unspecified atom stereocenters. The third-order valence-corrected chi connectivity index (χ3v) is 4.29. The van der Waals surface area contributed by atoms with Crippen molar-refractivity contribution in [3.8, 4) is 11.3 Å². The number of rotatable bonds is 5. The second-order valence-corrected chi connectivity index (χ2v) is 6.19. The summed E-state index contributed by atoms with van der Waals surface area (Å²) in [5.41, 5.74) is 2.65. The molecular weight excluding hydrogens is 302 g/mol. The van der Waals surface area contributed by atoms with Crippen LogP contribution in [0, 0.1) is 6.92 Å². The average Bonchev–Trinajstić information content (AvgIpc) is 3.18. The summed E-state index contributed by atoms with van der Waals surface area (Å²) in [4.78, 5) is 16.5. The highest BCUT2D eigenvalue weighted by Gasteiger charge is 2.25. The fourth-order valence-electron chi connectivity index (χ4n) is 2.80. The number of amides is 1. The topological polar surface area (TPSA) is 60.1 Å². The number of benzene rings is 1. The van der Waals surface area contributed by atoms with E-state index in [4.69, 9.17) is 4.42 Å². The lowest BCUT2D eigenvalue weighted by molar-refractivity contribution is 0.0950. The number of nitrogens with one attached hydrogen (secondary N) is 1. The highest BCUT2D eigenvalue weighted by molar-refractivity contribution is 5.94. The molecule has 0 spiro atoms. The fraction of sp³-hybridized carbons (Fsp3) is 0.263. The number of carbonyl (C=O) groups excluding carboxylic acids is 1. The summed E-state index contributed by atoms with van der Waals surface area (Å²) in [5.74, 6) is 1.60. The summed E-state index contributed by atoms with van der Waals surface area (Å²) >= 11 is 0. The maximum Gasteiger partial charge on any atom is 0.251 e. The van der Waals surface area contributed by atoms with Gasteiger partial charge in [0.05, 0.1) is 18.6 Å². The number of nitrogens with zero attached hydrogens (tertiary/aromatic N) is 2. The molecule has 4 rings (SSSR count). The lowest BCUT2D eigenvalue weighted by atomic mass is 10.1. The predicted molar refractivity (Wildman–Crippen MR) is 90.5 cm³/mol. The van der Waals surface area contributed by atoms with Crippen LogP contribution < -0.4 is 5.32 Å². The Hall–Kier alpha value is -2.82. The van der Waals surface area contributed by atoms with Crippen LogP contribution in [0.15, 0.2) is 53.3 Å². The maximum absolute atomic E-state index is 12.3. The van der Waals surface area contributed by atoms with Crippen LogP contribution in [0.5, 0.6) is 0 Å². The number of hydrogen-bond donors (Lipinski definition) is 1. The Morgan fingerprint density at radius 1 is 1.25 bits per heavy atom. The second kappa shape index (κ2) is 6.00. The molecular formula is C19H19N3O2. The van der Waals surface area contributed by atoms with Crippen molar-refractivity contribution in [2.45, 2.75) is 32.4 Å². The molecule has 1 saturated carbocycles. The van der Waals surface area contributed by atoms with E-state index in [9.17, 15) is 4.79 Å². The molecule has 1 aliphatic carbocycles. The Balaban J connectivity index is 1.41. The minimum Gasteiger partial charge on any atom is -0.461 e. The molecule has 2 aromatic heterocycles. The summed E-state index contributed by atoms with van der Waals surface area (Å²) in [7, 11) is 0. The summed E-state index contributed by atoms with van der Waals surface area (Å²) in [6.45, 7) is 2.41.